The number of aromatic hydroxyl groups is 2. The SMILES string of the molecule is CCn1c(SCC(=O)N/N=C/c2ccc(O)c(O)c2)nnc1-c1ccccc1. The molecule has 0 aliphatic rings. The lowest BCUT2D eigenvalue weighted by molar-refractivity contribution is -0.118. The summed E-state index contributed by atoms with van der Waals surface area (Å²) in [5.41, 5.74) is 3.93. The first-order valence-electron chi connectivity index (χ1n) is 8.53. The molecule has 0 saturated heterocycles. The number of rotatable bonds is 7. The summed E-state index contributed by atoms with van der Waals surface area (Å²) in [6.45, 7) is 2.68. The van der Waals surface area contributed by atoms with E-state index in [2.05, 4.69) is 20.7 Å². The zero-order valence-electron chi connectivity index (χ0n) is 15.1. The highest BCUT2D eigenvalue weighted by atomic mass is 32.2. The second-order valence-corrected chi connectivity index (χ2v) is 6.69. The summed E-state index contributed by atoms with van der Waals surface area (Å²) in [5, 5.41) is 31.6. The van der Waals surface area contributed by atoms with Crippen molar-refractivity contribution in [1.29, 1.82) is 0 Å². The lowest BCUT2D eigenvalue weighted by Gasteiger charge is -2.06. The number of hydrogen-bond acceptors (Lipinski definition) is 7. The zero-order chi connectivity index (χ0) is 19.9. The van der Waals surface area contributed by atoms with Gasteiger partial charge in [0.05, 0.1) is 12.0 Å². The summed E-state index contributed by atoms with van der Waals surface area (Å²) in [4.78, 5) is 12.0. The number of phenols is 2. The minimum Gasteiger partial charge on any atom is -0.504 e. The van der Waals surface area contributed by atoms with Crippen LogP contribution in [0.15, 0.2) is 58.8 Å². The minimum atomic E-state index is -0.295. The van der Waals surface area contributed by atoms with Crippen molar-refractivity contribution in [1.82, 2.24) is 20.2 Å². The molecule has 0 atom stereocenters. The molecule has 28 heavy (non-hydrogen) atoms. The number of hydrogen-bond donors (Lipinski definition) is 3. The first kappa shape index (κ1) is 19.4. The average molecular weight is 397 g/mol. The van der Waals surface area contributed by atoms with E-state index in [9.17, 15) is 15.0 Å². The van der Waals surface area contributed by atoms with Crippen LogP contribution in [-0.2, 0) is 11.3 Å². The summed E-state index contributed by atoms with van der Waals surface area (Å²) >= 11 is 1.28. The number of nitrogens with zero attached hydrogens (tertiary/aromatic N) is 4. The maximum atomic E-state index is 12.0. The normalized spacial score (nSPS) is 11.0. The van der Waals surface area contributed by atoms with E-state index in [0.29, 0.717) is 17.3 Å². The highest BCUT2D eigenvalue weighted by molar-refractivity contribution is 7.99. The number of carbonyl (C=O) groups is 1. The fourth-order valence-electron chi connectivity index (χ4n) is 2.44. The molecule has 1 amide bonds. The molecule has 1 aromatic heterocycles. The van der Waals surface area contributed by atoms with E-state index < -0.39 is 0 Å². The summed E-state index contributed by atoms with van der Waals surface area (Å²) < 4.78 is 1.95. The van der Waals surface area contributed by atoms with Crippen LogP contribution in [0, 0.1) is 0 Å². The summed E-state index contributed by atoms with van der Waals surface area (Å²) in [7, 11) is 0. The Morgan fingerprint density at radius 1 is 1.18 bits per heavy atom. The molecular formula is C19H19N5O3S. The van der Waals surface area contributed by atoms with E-state index in [1.165, 1.54) is 30.1 Å². The van der Waals surface area contributed by atoms with Gasteiger partial charge in [0.25, 0.3) is 5.91 Å². The third-order valence-corrected chi connectivity index (χ3v) is 4.77. The van der Waals surface area contributed by atoms with Crippen molar-refractivity contribution in [3.05, 3.63) is 54.1 Å². The molecule has 1 heterocycles. The predicted molar refractivity (Wildman–Crippen MR) is 107 cm³/mol. The van der Waals surface area contributed by atoms with Crippen LogP contribution in [0.5, 0.6) is 11.5 Å². The Kier molecular flexibility index (Phi) is 6.28. The molecule has 2 aromatic carbocycles. The predicted octanol–water partition coefficient (Wildman–Crippen LogP) is 2.62. The van der Waals surface area contributed by atoms with Gasteiger partial charge in [-0.1, -0.05) is 42.1 Å². The van der Waals surface area contributed by atoms with Crippen LogP contribution >= 0.6 is 11.8 Å². The monoisotopic (exact) mass is 397 g/mol. The Hall–Kier alpha value is -3.33. The average Bonchev–Trinajstić information content (AvgIpc) is 3.12. The number of thioether (sulfide) groups is 1. The Morgan fingerprint density at radius 2 is 1.96 bits per heavy atom. The Morgan fingerprint density at radius 3 is 2.68 bits per heavy atom. The Balaban J connectivity index is 1.58. The third-order valence-electron chi connectivity index (χ3n) is 3.80. The van der Waals surface area contributed by atoms with Crippen LogP contribution < -0.4 is 5.43 Å². The van der Waals surface area contributed by atoms with E-state index >= 15 is 0 Å². The van der Waals surface area contributed by atoms with Crippen molar-refractivity contribution in [2.75, 3.05) is 5.75 Å². The maximum Gasteiger partial charge on any atom is 0.250 e. The molecule has 9 heteroatoms. The summed E-state index contributed by atoms with van der Waals surface area (Å²) in [6, 6.07) is 14.0. The Labute approximate surface area is 165 Å². The second-order valence-electron chi connectivity index (χ2n) is 5.75. The van der Waals surface area contributed by atoms with Gasteiger partial charge in [-0.25, -0.2) is 5.43 Å². The molecule has 8 nitrogen and oxygen atoms in total. The van der Waals surface area contributed by atoms with Gasteiger partial charge in [0.2, 0.25) is 0 Å². The first-order valence-corrected chi connectivity index (χ1v) is 9.52. The fraction of sp³-hybridized carbons (Fsp3) is 0.158. The van der Waals surface area contributed by atoms with Gasteiger partial charge in [-0.3, -0.25) is 4.79 Å². The van der Waals surface area contributed by atoms with Crippen molar-refractivity contribution in [3.63, 3.8) is 0 Å². The lowest BCUT2D eigenvalue weighted by Crippen LogP contribution is -2.20. The van der Waals surface area contributed by atoms with Crippen molar-refractivity contribution in [2.24, 2.45) is 5.10 Å². The number of phenolic OH excluding ortho intramolecular Hbond substituents is 2. The number of hydrazone groups is 1. The van der Waals surface area contributed by atoms with Gasteiger partial charge < -0.3 is 14.8 Å². The molecule has 0 aliphatic carbocycles. The standard InChI is InChI=1S/C19H19N5O3S/c1-2-24-18(14-6-4-3-5-7-14)22-23-19(24)28-12-17(27)21-20-11-13-8-9-15(25)16(26)10-13/h3-11,25-26H,2,12H2,1H3,(H,21,27)/b20-11+. The molecule has 3 aromatic rings. The van der Waals surface area contributed by atoms with Crippen LogP contribution in [0.3, 0.4) is 0 Å². The number of amides is 1. The molecular weight excluding hydrogens is 378 g/mol. The van der Waals surface area contributed by atoms with E-state index in [1.807, 2.05) is 41.8 Å². The molecule has 0 unspecified atom stereocenters. The van der Waals surface area contributed by atoms with E-state index in [0.717, 1.165) is 11.4 Å². The van der Waals surface area contributed by atoms with Gasteiger partial charge in [-0.15, -0.1) is 10.2 Å². The number of nitrogens with one attached hydrogen (secondary N) is 1. The topological polar surface area (TPSA) is 113 Å². The third kappa shape index (κ3) is 4.68. The van der Waals surface area contributed by atoms with E-state index in [-0.39, 0.29) is 23.2 Å². The molecule has 0 bridgehead atoms. The number of aromatic nitrogens is 3. The molecule has 3 N–H and O–H groups in total. The minimum absolute atomic E-state index is 0.130. The van der Waals surface area contributed by atoms with E-state index in [4.69, 9.17) is 0 Å². The van der Waals surface area contributed by atoms with Gasteiger partial charge >= 0.3 is 0 Å². The smallest absolute Gasteiger partial charge is 0.250 e. The largest absolute Gasteiger partial charge is 0.504 e. The van der Waals surface area contributed by atoms with Crippen LogP contribution in [0.1, 0.15) is 12.5 Å². The quantitative estimate of drug-likeness (QED) is 0.244. The van der Waals surface area contributed by atoms with Crippen LogP contribution in [0.25, 0.3) is 11.4 Å². The van der Waals surface area contributed by atoms with Crippen molar-refractivity contribution >= 4 is 23.9 Å². The maximum absolute atomic E-state index is 12.0. The van der Waals surface area contributed by atoms with Crippen LogP contribution in [0.4, 0.5) is 0 Å². The van der Waals surface area contributed by atoms with Gasteiger partial charge in [-0.05, 0) is 30.7 Å². The molecule has 3 rings (SSSR count). The van der Waals surface area contributed by atoms with Gasteiger partial charge in [-0.2, -0.15) is 5.10 Å². The number of carbonyl (C=O) groups excluding carboxylic acids is 1. The summed E-state index contributed by atoms with van der Waals surface area (Å²) in [6.07, 6.45) is 1.38. The van der Waals surface area contributed by atoms with Crippen LogP contribution in [0.2, 0.25) is 0 Å². The van der Waals surface area contributed by atoms with Crippen molar-refractivity contribution in [3.8, 4) is 22.9 Å². The fourth-order valence-corrected chi connectivity index (χ4v) is 3.24. The zero-order valence-corrected chi connectivity index (χ0v) is 15.9. The molecule has 0 fully saturated rings. The molecule has 0 saturated carbocycles. The highest BCUT2D eigenvalue weighted by Gasteiger charge is 2.14. The molecule has 144 valence electrons. The lowest BCUT2D eigenvalue weighted by atomic mass is 10.2. The summed E-state index contributed by atoms with van der Waals surface area (Å²) in [5.74, 6) is 0.129. The van der Waals surface area contributed by atoms with Crippen LogP contribution in [-0.4, -0.2) is 42.9 Å². The van der Waals surface area contributed by atoms with Crippen molar-refractivity contribution < 1.29 is 15.0 Å². The first-order chi connectivity index (χ1) is 13.6. The Bertz CT molecular complexity index is 988. The molecule has 0 aliphatic heterocycles. The van der Waals surface area contributed by atoms with Gasteiger partial charge in [0.1, 0.15) is 0 Å². The molecule has 0 spiro atoms. The van der Waals surface area contributed by atoms with Gasteiger partial charge in [0.15, 0.2) is 22.5 Å². The number of benzene rings is 2. The second kappa shape index (κ2) is 9.05. The highest BCUT2D eigenvalue weighted by Crippen LogP contribution is 2.24. The van der Waals surface area contributed by atoms with Gasteiger partial charge in [0, 0.05) is 12.1 Å². The van der Waals surface area contributed by atoms with Crippen molar-refractivity contribution in [2.45, 2.75) is 18.6 Å². The van der Waals surface area contributed by atoms with E-state index in [1.54, 1.807) is 6.07 Å². The molecule has 0 radical (unpaired) electrons.